The Labute approximate surface area is 311 Å². The molecular formula is C40H51FN2O9S. The van der Waals surface area contributed by atoms with Crippen molar-refractivity contribution in [2.45, 2.75) is 96.8 Å². The maximum atomic E-state index is 14.8. The third-order valence-corrected chi connectivity index (χ3v) is 9.55. The van der Waals surface area contributed by atoms with Crippen molar-refractivity contribution in [2.75, 3.05) is 24.2 Å². The molecule has 2 aliphatic carbocycles. The number of amides is 1. The van der Waals surface area contributed by atoms with E-state index < -0.39 is 39.9 Å². The number of hydrogen-bond acceptors (Lipinski definition) is 8. The molecule has 0 bridgehead atoms. The summed E-state index contributed by atoms with van der Waals surface area (Å²) in [7, 11) is -3.72. The van der Waals surface area contributed by atoms with Gasteiger partial charge in [-0.15, -0.1) is 0 Å². The summed E-state index contributed by atoms with van der Waals surface area (Å²) in [5, 5.41) is 13.2. The van der Waals surface area contributed by atoms with Crippen LogP contribution >= 0.6 is 0 Å². The Morgan fingerprint density at radius 1 is 0.792 bits per heavy atom. The third kappa shape index (κ3) is 11.5. The summed E-state index contributed by atoms with van der Waals surface area (Å²) in [6.45, 7) is 13.2. The van der Waals surface area contributed by atoms with Crippen LogP contribution in [0.15, 0.2) is 54.6 Å². The first-order chi connectivity index (χ1) is 24.8. The van der Waals surface area contributed by atoms with Crippen molar-refractivity contribution in [2.24, 2.45) is 11.8 Å². The maximum Gasteiger partial charge on any atom is 0.349 e. The first kappa shape index (κ1) is 39.7. The van der Waals surface area contributed by atoms with E-state index in [1.165, 1.54) is 12.1 Å². The van der Waals surface area contributed by atoms with E-state index in [1.54, 1.807) is 24.3 Å². The summed E-state index contributed by atoms with van der Waals surface area (Å²) in [6, 6.07) is 14.0. The van der Waals surface area contributed by atoms with Gasteiger partial charge < -0.3 is 29.4 Å². The van der Waals surface area contributed by atoms with Crippen molar-refractivity contribution >= 4 is 27.6 Å². The third-order valence-electron chi connectivity index (χ3n) is 8.96. The topological polar surface area (TPSA) is 149 Å². The van der Waals surface area contributed by atoms with Gasteiger partial charge in [0.25, 0.3) is 5.91 Å². The molecule has 288 valence electrons. The standard InChI is InChI=1S/C40H51FN2O9S/c1-39(2,3)29-15-13-27(19-33(29)49-22-24-8-9-24)51-35(37(44)42-21-26-12-17-32(31(41)18-26)43-53(7,47)48)36(38(45)46)52-28-14-16-30(40(4,5)6)34(20-28)50-23-25-10-11-25/h12-20,24-25,35-36,43H,8-11,21-23H2,1-7H3,(H,42,44)(H,45,46). The van der Waals surface area contributed by atoms with E-state index in [0.717, 1.165) is 49.1 Å². The maximum absolute atomic E-state index is 14.8. The molecule has 0 saturated heterocycles. The van der Waals surface area contributed by atoms with Crippen LogP contribution in [0.2, 0.25) is 0 Å². The van der Waals surface area contributed by atoms with Gasteiger partial charge in [0, 0.05) is 18.7 Å². The number of halogens is 1. The number of hydrogen-bond donors (Lipinski definition) is 3. The Kier molecular flexibility index (Phi) is 11.9. The van der Waals surface area contributed by atoms with E-state index >= 15 is 0 Å². The number of ether oxygens (including phenoxy) is 4. The van der Waals surface area contributed by atoms with Gasteiger partial charge in [-0.3, -0.25) is 9.52 Å². The molecular weight excluding hydrogens is 704 g/mol. The number of anilines is 1. The highest BCUT2D eigenvalue weighted by Gasteiger charge is 2.39. The fourth-order valence-electron chi connectivity index (χ4n) is 5.64. The Bertz CT molecular complexity index is 1910. The molecule has 11 nitrogen and oxygen atoms in total. The summed E-state index contributed by atoms with van der Waals surface area (Å²) in [5.41, 5.74) is 1.34. The van der Waals surface area contributed by atoms with E-state index in [0.29, 0.717) is 42.1 Å². The van der Waals surface area contributed by atoms with Crippen molar-refractivity contribution in [3.8, 4) is 23.0 Å². The second kappa shape index (κ2) is 15.8. The molecule has 3 aromatic carbocycles. The van der Waals surface area contributed by atoms with Crippen molar-refractivity contribution in [1.82, 2.24) is 5.32 Å². The molecule has 2 aliphatic rings. The van der Waals surface area contributed by atoms with Crippen LogP contribution in [-0.2, 0) is 37.0 Å². The molecule has 2 fully saturated rings. The second-order valence-corrected chi connectivity index (χ2v) is 17.9. The van der Waals surface area contributed by atoms with Gasteiger partial charge in [-0.2, -0.15) is 0 Å². The summed E-state index contributed by atoms with van der Waals surface area (Å²) >= 11 is 0. The van der Waals surface area contributed by atoms with Gasteiger partial charge in [0.1, 0.15) is 28.8 Å². The Balaban J connectivity index is 1.45. The van der Waals surface area contributed by atoms with Crippen molar-refractivity contribution in [3.63, 3.8) is 0 Å². The smallest absolute Gasteiger partial charge is 0.349 e. The van der Waals surface area contributed by atoms with Crippen LogP contribution in [0.5, 0.6) is 23.0 Å². The number of carbonyl (C=O) groups excluding carboxylic acids is 1. The summed E-state index contributed by atoms with van der Waals surface area (Å²) in [4.78, 5) is 26.9. The van der Waals surface area contributed by atoms with Gasteiger partial charge in [0.05, 0.1) is 25.2 Å². The number of carboxylic acids is 1. The van der Waals surface area contributed by atoms with Gasteiger partial charge in [-0.1, -0.05) is 59.7 Å². The van der Waals surface area contributed by atoms with Crippen LogP contribution < -0.4 is 29.0 Å². The number of nitrogens with one attached hydrogen (secondary N) is 2. The lowest BCUT2D eigenvalue weighted by molar-refractivity contribution is -0.154. The van der Waals surface area contributed by atoms with Crippen LogP contribution in [0.4, 0.5) is 10.1 Å². The molecule has 2 saturated carbocycles. The zero-order valence-corrected chi connectivity index (χ0v) is 32.3. The molecule has 0 heterocycles. The molecule has 13 heteroatoms. The van der Waals surface area contributed by atoms with Crippen LogP contribution in [0.1, 0.15) is 83.9 Å². The lowest BCUT2D eigenvalue weighted by Gasteiger charge is -2.28. The first-order valence-corrected chi connectivity index (χ1v) is 19.8. The monoisotopic (exact) mass is 754 g/mol. The average molecular weight is 755 g/mol. The largest absolute Gasteiger partial charge is 0.493 e. The molecule has 2 atom stereocenters. The molecule has 0 aliphatic heterocycles. The van der Waals surface area contributed by atoms with Crippen LogP contribution in [0, 0.1) is 17.7 Å². The number of benzene rings is 3. The number of sulfonamides is 1. The highest BCUT2D eigenvalue weighted by molar-refractivity contribution is 7.92. The van der Waals surface area contributed by atoms with E-state index in [9.17, 15) is 27.5 Å². The first-order valence-electron chi connectivity index (χ1n) is 17.9. The SMILES string of the molecule is CC(C)(C)c1ccc(OC(C(=O)O)C(Oc2ccc(C(C)(C)C)c(OCC3CC3)c2)C(=O)NCc2ccc(NS(C)(=O)=O)c(F)c2)cc1OCC1CC1. The highest BCUT2D eigenvalue weighted by Crippen LogP contribution is 2.39. The molecule has 0 spiro atoms. The van der Waals surface area contributed by atoms with Crippen LogP contribution in [0.25, 0.3) is 0 Å². The predicted molar refractivity (Wildman–Crippen MR) is 200 cm³/mol. The zero-order valence-electron chi connectivity index (χ0n) is 31.5. The normalized spacial score (nSPS) is 15.9. The number of carboxylic acid groups (broad SMARTS) is 1. The molecule has 0 radical (unpaired) electrons. The molecule has 3 aromatic rings. The van der Waals surface area contributed by atoms with Crippen molar-refractivity contribution in [3.05, 3.63) is 77.1 Å². The summed E-state index contributed by atoms with van der Waals surface area (Å²) in [6.07, 6.45) is 1.71. The number of aliphatic carboxylic acids is 1. The molecule has 1 amide bonds. The predicted octanol–water partition coefficient (Wildman–Crippen LogP) is 6.97. The Morgan fingerprint density at radius 3 is 1.70 bits per heavy atom. The molecule has 0 aromatic heterocycles. The van der Waals surface area contributed by atoms with Crippen molar-refractivity contribution in [1.29, 1.82) is 0 Å². The van der Waals surface area contributed by atoms with Gasteiger partial charge in [0.2, 0.25) is 22.2 Å². The van der Waals surface area contributed by atoms with Gasteiger partial charge in [-0.25, -0.2) is 17.6 Å². The van der Waals surface area contributed by atoms with Crippen molar-refractivity contribution < 1.29 is 46.5 Å². The molecule has 53 heavy (non-hydrogen) atoms. The zero-order chi connectivity index (χ0) is 38.7. The van der Waals surface area contributed by atoms with Gasteiger partial charge in [0.15, 0.2) is 0 Å². The lowest BCUT2D eigenvalue weighted by Crippen LogP contribution is -2.51. The summed E-state index contributed by atoms with van der Waals surface area (Å²) < 4.78 is 64.7. The van der Waals surface area contributed by atoms with Gasteiger partial charge >= 0.3 is 5.97 Å². The van der Waals surface area contributed by atoms with Gasteiger partial charge in [-0.05, 0) is 89.3 Å². The van der Waals surface area contributed by atoms with Crippen LogP contribution in [0.3, 0.4) is 0 Å². The molecule has 2 unspecified atom stereocenters. The minimum absolute atomic E-state index is 0.171. The minimum atomic E-state index is -3.72. The minimum Gasteiger partial charge on any atom is -0.493 e. The quantitative estimate of drug-likeness (QED) is 0.133. The average Bonchev–Trinajstić information content (AvgIpc) is 3.99. The van der Waals surface area contributed by atoms with E-state index in [1.807, 2.05) is 12.1 Å². The summed E-state index contributed by atoms with van der Waals surface area (Å²) in [5.74, 6) is -0.692. The number of rotatable bonds is 17. The Hall–Kier alpha value is -4.52. The van der Waals surface area contributed by atoms with E-state index in [-0.39, 0.29) is 34.6 Å². The fourth-order valence-corrected chi connectivity index (χ4v) is 6.21. The lowest BCUT2D eigenvalue weighted by atomic mass is 9.86. The number of carbonyl (C=O) groups is 2. The second-order valence-electron chi connectivity index (χ2n) is 16.1. The Morgan fingerprint density at radius 2 is 1.28 bits per heavy atom. The van der Waals surface area contributed by atoms with Crippen LogP contribution in [-0.4, -0.2) is 57.1 Å². The van der Waals surface area contributed by atoms with E-state index in [2.05, 4.69) is 51.6 Å². The fraction of sp³-hybridized carbons (Fsp3) is 0.500. The van der Waals surface area contributed by atoms with E-state index in [4.69, 9.17) is 18.9 Å². The molecule has 5 rings (SSSR count). The highest BCUT2D eigenvalue weighted by atomic mass is 32.2. The molecule has 3 N–H and O–H groups in total.